The van der Waals surface area contributed by atoms with Gasteiger partial charge in [0.2, 0.25) is 0 Å². The summed E-state index contributed by atoms with van der Waals surface area (Å²) in [5, 5.41) is 0. The molecule has 0 bridgehead atoms. The third kappa shape index (κ3) is 9.63. The van der Waals surface area contributed by atoms with Gasteiger partial charge >= 0.3 is 12.2 Å². The van der Waals surface area contributed by atoms with Gasteiger partial charge in [-0.15, -0.1) is 0 Å². The van der Waals surface area contributed by atoms with Crippen LogP contribution in [-0.4, -0.2) is 0 Å². The predicted molar refractivity (Wildman–Crippen MR) is 18.4 cm³/mol. The molecule has 0 N–H and O–H groups in total. The monoisotopic (exact) mass is 189 g/mol. The third-order valence-electron chi connectivity index (χ3n) is 0.143. The summed E-state index contributed by atoms with van der Waals surface area (Å²) in [6.45, 7) is 0. The van der Waals surface area contributed by atoms with Crippen LogP contribution in [0.1, 0.15) is 0 Å². The zero-order chi connectivity index (χ0) is 5.15. The number of halogens is 4. The Morgan fingerprint density at radius 1 is 0.750 bits per heavy atom. The zero-order valence-corrected chi connectivity index (χ0v) is 5.16. The van der Waals surface area contributed by atoms with Crippen molar-refractivity contribution in [2.75, 3.05) is 0 Å². The van der Waals surface area contributed by atoms with E-state index in [2.05, 4.69) is 0 Å². The molecule has 0 rings (SSSR count). The van der Waals surface area contributed by atoms with Crippen LogP contribution >= 0.6 is 9.90 Å². The van der Waals surface area contributed by atoms with Gasteiger partial charge in [0.15, 0.2) is 0 Å². The molecule has 0 aliphatic heterocycles. The Morgan fingerprint density at radius 3 is 0.875 bits per heavy atom. The number of rotatable bonds is 0. The summed E-state index contributed by atoms with van der Waals surface area (Å²) in [6.07, 6.45) is -5.81. The summed E-state index contributed by atoms with van der Waals surface area (Å²) in [4.78, 5) is 0. The summed E-state index contributed by atoms with van der Waals surface area (Å²) in [5.74, 6) is 0. The molecule has 0 aromatic rings. The minimum atomic E-state index is -2.91. The predicted octanol–water partition coefficient (Wildman–Crippen LogP) is 2.85. The van der Waals surface area contributed by atoms with E-state index in [4.69, 9.17) is 0 Å². The van der Waals surface area contributed by atoms with Gasteiger partial charge in [0.1, 0.15) is 0 Å². The van der Waals surface area contributed by atoms with Crippen molar-refractivity contribution >= 4 is 9.90 Å². The van der Waals surface area contributed by atoms with E-state index in [9.17, 15) is 17.6 Å². The quantitative estimate of drug-likeness (QED) is 0.312. The summed E-state index contributed by atoms with van der Waals surface area (Å²) in [7, 11) is 0. The maximum atomic E-state index is 10.3. The van der Waals surface area contributed by atoms with Gasteiger partial charge in [-0.1, -0.05) is 0 Å². The molecule has 0 spiro atoms. The van der Waals surface area contributed by atoms with E-state index >= 15 is 0 Å². The second-order valence-corrected chi connectivity index (χ2v) is 0.521. The fourth-order valence-electron chi connectivity index (χ4n) is 0. The summed E-state index contributed by atoms with van der Waals surface area (Å²) < 4.78 is 41.1. The molecular weight excluding hydrogens is 190 g/mol. The molecule has 0 fully saturated rings. The summed E-state index contributed by atoms with van der Waals surface area (Å²) in [6, 6.07) is 0. The first-order chi connectivity index (χ1) is 2.64. The first kappa shape index (κ1) is 15.8. The SMILES string of the molecule is FC(F)=C(F)F.[Ni].[P]. The molecule has 0 atom stereocenters. The van der Waals surface area contributed by atoms with Crippen molar-refractivity contribution in [1.82, 2.24) is 0 Å². The molecule has 0 aromatic carbocycles. The van der Waals surface area contributed by atoms with E-state index in [1.54, 1.807) is 0 Å². The molecular formula is C2F4NiP. The minimum Gasteiger partial charge on any atom is -0.167 e. The van der Waals surface area contributed by atoms with Crippen molar-refractivity contribution in [2.45, 2.75) is 0 Å². The van der Waals surface area contributed by atoms with Crippen molar-refractivity contribution in [1.29, 1.82) is 0 Å². The normalized spacial score (nSPS) is 6.00. The first-order valence-corrected chi connectivity index (χ1v) is 1.01. The Bertz CT molecular complexity index is 64.1. The van der Waals surface area contributed by atoms with Gasteiger partial charge in [-0.05, 0) is 0 Å². The van der Waals surface area contributed by atoms with Crippen molar-refractivity contribution in [3.05, 3.63) is 12.2 Å². The van der Waals surface area contributed by atoms with Gasteiger partial charge in [-0.2, -0.15) is 17.6 Å². The molecule has 0 heterocycles. The van der Waals surface area contributed by atoms with Gasteiger partial charge in [0.05, 0.1) is 0 Å². The van der Waals surface area contributed by atoms with Crippen molar-refractivity contribution in [3.8, 4) is 0 Å². The molecule has 0 unspecified atom stereocenters. The molecule has 0 saturated heterocycles. The van der Waals surface area contributed by atoms with Crippen LogP contribution in [-0.2, 0) is 16.5 Å². The Labute approximate surface area is 56.9 Å². The van der Waals surface area contributed by atoms with E-state index in [1.807, 2.05) is 0 Å². The average molecular weight is 190 g/mol. The van der Waals surface area contributed by atoms with Gasteiger partial charge in [0.25, 0.3) is 0 Å². The van der Waals surface area contributed by atoms with Gasteiger partial charge in [-0.3, -0.25) is 0 Å². The van der Waals surface area contributed by atoms with Crippen LogP contribution in [0.15, 0.2) is 12.2 Å². The second-order valence-electron chi connectivity index (χ2n) is 0.521. The van der Waals surface area contributed by atoms with E-state index < -0.39 is 12.2 Å². The van der Waals surface area contributed by atoms with Crippen LogP contribution in [0, 0.1) is 0 Å². The fraction of sp³-hybridized carbons (Fsp3) is 0. The second kappa shape index (κ2) is 7.38. The van der Waals surface area contributed by atoms with Crippen molar-refractivity contribution < 1.29 is 34.1 Å². The fourth-order valence-corrected chi connectivity index (χ4v) is 0. The molecule has 0 aromatic heterocycles. The van der Waals surface area contributed by atoms with Crippen LogP contribution in [0.3, 0.4) is 0 Å². The maximum absolute atomic E-state index is 10.3. The molecule has 51 valence electrons. The minimum absolute atomic E-state index is 0. The van der Waals surface area contributed by atoms with E-state index in [1.165, 1.54) is 0 Å². The maximum Gasteiger partial charge on any atom is 0.334 e. The topological polar surface area (TPSA) is 0 Å². The Morgan fingerprint density at radius 2 is 0.875 bits per heavy atom. The molecule has 0 aliphatic rings. The Balaban J connectivity index is -0.000000125. The van der Waals surface area contributed by atoms with Crippen LogP contribution < -0.4 is 0 Å². The molecule has 3 radical (unpaired) electrons. The van der Waals surface area contributed by atoms with Crippen molar-refractivity contribution in [2.24, 2.45) is 0 Å². The standard InChI is InChI=1S/C2F4.Ni.P/c3-1(4)2(5)6;;. The van der Waals surface area contributed by atoms with Gasteiger partial charge in [-0.25, -0.2) is 0 Å². The van der Waals surface area contributed by atoms with E-state index in [-0.39, 0.29) is 26.4 Å². The van der Waals surface area contributed by atoms with Crippen LogP contribution in [0.25, 0.3) is 0 Å². The average Bonchev–Trinajstić information content (AvgIpc) is 1.36. The van der Waals surface area contributed by atoms with Gasteiger partial charge in [0, 0.05) is 26.4 Å². The third-order valence-corrected chi connectivity index (χ3v) is 0.143. The van der Waals surface area contributed by atoms with E-state index in [0.29, 0.717) is 0 Å². The van der Waals surface area contributed by atoms with Crippen LogP contribution in [0.5, 0.6) is 0 Å². The molecule has 0 amide bonds. The van der Waals surface area contributed by atoms with Crippen molar-refractivity contribution in [3.63, 3.8) is 0 Å². The summed E-state index contributed by atoms with van der Waals surface area (Å²) >= 11 is 0. The molecule has 8 heavy (non-hydrogen) atoms. The molecule has 0 aliphatic carbocycles. The largest absolute Gasteiger partial charge is 0.334 e. The van der Waals surface area contributed by atoms with Crippen LogP contribution in [0.4, 0.5) is 17.6 Å². The summed E-state index contributed by atoms with van der Waals surface area (Å²) in [5.41, 5.74) is 0. The Hall–Kier alpha value is 0.384. The van der Waals surface area contributed by atoms with E-state index in [0.717, 1.165) is 0 Å². The number of hydrogen-bond acceptors (Lipinski definition) is 0. The van der Waals surface area contributed by atoms with Gasteiger partial charge < -0.3 is 0 Å². The zero-order valence-electron chi connectivity index (χ0n) is 3.28. The molecule has 6 heteroatoms. The first-order valence-electron chi connectivity index (χ1n) is 1.01. The van der Waals surface area contributed by atoms with Crippen LogP contribution in [0.2, 0.25) is 0 Å². The molecule has 0 saturated carbocycles. The number of hydrogen-bond donors (Lipinski definition) is 0. The Kier molecular flexibility index (Phi) is 14.6. The molecule has 0 nitrogen and oxygen atoms in total. The smallest absolute Gasteiger partial charge is 0.167 e.